The molecule has 12 heteroatoms. The van der Waals surface area contributed by atoms with Gasteiger partial charge in [-0.2, -0.15) is 0 Å². The van der Waals surface area contributed by atoms with Gasteiger partial charge in [-0.25, -0.2) is 0 Å². The number of benzene rings is 13. The van der Waals surface area contributed by atoms with Gasteiger partial charge in [0.15, 0.2) is 0 Å². The van der Waals surface area contributed by atoms with Crippen molar-refractivity contribution < 1.29 is 36.9 Å². The molecule has 0 fully saturated rings. The molecule has 6 aliphatic heterocycles. The Morgan fingerprint density at radius 1 is 0.245 bits per heavy atom. The maximum atomic E-state index is 7.52. The van der Waals surface area contributed by atoms with E-state index in [1.165, 1.54) is 5.56 Å². The van der Waals surface area contributed by atoms with Crippen molar-refractivity contribution in [3.63, 3.8) is 0 Å². The van der Waals surface area contributed by atoms with Crippen molar-refractivity contribution in [2.75, 3.05) is 5.32 Å². The average molecular weight is 1320 g/mol. The summed E-state index contributed by atoms with van der Waals surface area (Å²) in [6.45, 7) is 19.3. The Morgan fingerprint density at radius 3 is 0.980 bits per heavy atom. The molecule has 0 bridgehead atoms. The highest BCUT2D eigenvalue weighted by atomic mass is 16.5. The number of hydrogen-bond acceptors (Lipinski definition) is 9. The molecule has 0 radical (unpaired) electrons. The van der Waals surface area contributed by atoms with Gasteiger partial charge in [-0.1, -0.05) is 220 Å². The third-order valence-electron chi connectivity index (χ3n) is 22.5. The number of anilines is 2. The summed E-state index contributed by atoms with van der Waals surface area (Å²) < 4.78 is 57.7. The van der Waals surface area contributed by atoms with Crippen LogP contribution in [0.5, 0.6) is 57.5 Å². The first kappa shape index (κ1) is 58.1. The monoisotopic (exact) mass is 1320 g/mol. The molecular formula is C90H64B3NO8. The highest BCUT2D eigenvalue weighted by molar-refractivity contribution is 7.02. The van der Waals surface area contributed by atoms with E-state index >= 15 is 0 Å². The second kappa shape index (κ2) is 20.0. The molecule has 1 N–H and O–H groups in total. The lowest BCUT2D eigenvalue weighted by Crippen LogP contribution is -2.63. The Kier molecular flexibility index (Phi) is 11.4. The lowest BCUT2D eigenvalue weighted by Gasteiger charge is -2.38. The Hall–Kier alpha value is -11.7. The summed E-state index contributed by atoms with van der Waals surface area (Å²) in [7, 11) is 0. The first-order chi connectivity index (χ1) is 49.4. The second-order valence-corrected chi connectivity index (χ2v) is 31.8. The Labute approximate surface area is 589 Å². The van der Waals surface area contributed by atoms with Gasteiger partial charge in [0.05, 0.1) is 0 Å². The van der Waals surface area contributed by atoms with E-state index in [1.54, 1.807) is 0 Å². The van der Waals surface area contributed by atoms with Crippen LogP contribution in [-0.4, -0.2) is 20.1 Å². The molecule has 3 aromatic heterocycles. The minimum Gasteiger partial charge on any atom is -0.458 e. The van der Waals surface area contributed by atoms with Crippen molar-refractivity contribution in [1.29, 1.82) is 0 Å². The molecule has 102 heavy (non-hydrogen) atoms. The van der Waals surface area contributed by atoms with Gasteiger partial charge in [-0.3, -0.25) is 0 Å². The number of para-hydroxylation sites is 8. The number of hydrogen-bond donors (Lipinski definition) is 1. The number of nitrogens with one attached hydrogen (secondary N) is 1. The van der Waals surface area contributed by atoms with Gasteiger partial charge in [0, 0.05) is 100 Å². The van der Waals surface area contributed by atoms with E-state index < -0.39 is 0 Å². The zero-order chi connectivity index (χ0) is 68.3. The zero-order valence-corrected chi connectivity index (χ0v) is 57.8. The van der Waals surface area contributed by atoms with Crippen LogP contribution in [0.2, 0.25) is 0 Å². The molecule has 16 aromatic rings. The Balaban J connectivity index is 0.738. The standard InChI is InChI=1S/C90H64B3NO8/c1-88(2,3)58-29-17-26-55-52-23-14-20-49(82(52)100-85(55)58)46-36-68-79-74(37-46)95-69-34-12-10-32-61(69)91(79)63-42-64-71(44-67(63)94-68)97-77-40-48(51-22-16-25-54-57-28-19-31-60(90(7,8)9)87(57)102-84(51)54)41-78-81(77)93(64)66-43-65-72(45-73(66)99-78)98-76-39-47(38-75-80(76)92(65)62-33-11-13-35-70(62)96-75)50-21-15-24-53-56-27-18-30-59(89(4,5)6)86(56)101-83(50)53/h10-45,94H,1-9H3. The van der Waals surface area contributed by atoms with Crippen molar-refractivity contribution in [2.45, 2.75) is 78.6 Å². The van der Waals surface area contributed by atoms with Crippen LogP contribution in [0.3, 0.4) is 0 Å². The maximum Gasteiger partial charge on any atom is 0.260 e. The SMILES string of the molecule is CC(C)(C)c1cccc2c1oc1c(-c3cc4c5c(c3)Oc3ccccc3B5c3cc5c(cc3N4)Oc3cc(-c4cccc6c4oc4c(C(C)(C)C)cccc46)cc4c3B5c3cc5c(cc3O4)Oc3cc(-c4cccc6c4oc4c(C(C)(C)C)cccc46)cc4c3B5c3ccccc3O4)cccc12. The normalized spacial score (nSPS) is 14.1. The summed E-state index contributed by atoms with van der Waals surface area (Å²) in [5, 5.41) is 10.5. The van der Waals surface area contributed by atoms with E-state index in [0.717, 1.165) is 200 Å². The van der Waals surface area contributed by atoms with Gasteiger partial charge in [-0.15, -0.1) is 0 Å². The maximum absolute atomic E-state index is 7.52. The molecular weight excluding hydrogens is 1260 g/mol. The van der Waals surface area contributed by atoms with Crippen LogP contribution in [0, 0.1) is 0 Å². The predicted octanol–water partition coefficient (Wildman–Crippen LogP) is 18.4. The molecule has 6 aliphatic rings. The van der Waals surface area contributed by atoms with E-state index in [9.17, 15) is 0 Å². The minimum atomic E-state index is -0.355. The van der Waals surface area contributed by atoms with Gasteiger partial charge in [0.2, 0.25) is 0 Å². The van der Waals surface area contributed by atoms with Crippen molar-refractivity contribution in [3.8, 4) is 90.9 Å². The fourth-order valence-electron chi connectivity index (χ4n) is 17.9. The molecule has 0 atom stereocenters. The van der Waals surface area contributed by atoms with Gasteiger partial charge in [-0.05, 0) is 120 Å². The van der Waals surface area contributed by atoms with Crippen molar-refractivity contribution in [1.82, 2.24) is 0 Å². The molecule has 0 unspecified atom stereocenters. The zero-order valence-electron chi connectivity index (χ0n) is 57.8. The summed E-state index contributed by atoms with van der Waals surface area (Å²) in [6, 6.07) is 78.1. The number of rotatable bonds is 3. The minimum absolute atomic E-state index is 0.121. The van der Waals surface area contributed by atoms with Gasteiger partial charge in [0.1, 0.15) is 91.0 Å². The van der Waals surface area contributed by atoms with Crippen molar-refractivity contribution >= 4 is 146 Å². The van der Waals surface area contributed by atoms with Crippen molar-refractivity contribution in [3.05, 3.63) is 235 Å². The smallest absolute Gasteiger partial charge is 0.260 e. The summed E-state index contributed by atoms with van der Waals surface area (Å²) in [5.74, 6) is 7.42. The summed E-state index contributed by atoms with van der Waals surface area (Å²) >= 11 is 0. The van der Waals surface area contributed by atoms with Crippen LogP contribution in [0.25, 0.3) is 99.2 Å². The predicted molar refractivity (Wildman–Crippen MR) is 417 cm³/mol. The number of furan rings is 3. The molecule has 0 saturated carbocycles. The lowest BCUT2D eigenvalue weighted by atomic mass is 9.30. The first-order valence-corrected chi connectivity index (χ1v) is 35.5. The summed E-state index contributed by atoms with van der Waals surface area (Å²) in [4.78, 5) is 0. The third-order valence-corrected chi connectivity index (χ3v) is 22.5. The largest absolute Gasteiger partial charge is 0.458 e. The van der Waals surface area contributed by atoms with E-state index in [0.29, 0.717) is 28.7 Å². The molecule has 486 valence electrons. The van der Waals surface area contributed by atoms with E-state index in [1.807, 2.05) is 0 Å². The van der Waals surface area contributed by atoms with Crippen LogP contribution in [0.4, 0.5) is 11.4 Å². The molecule has 0 aliphatic carbocycles. The van der Waals surface area contributed by atoms with Crippen LogP contribution < -0.4 is 78.2 Å². The molecule has 13 aromatic carbocycles. The second-order valence-electron chi connectivity index (χ2n) is 31.8. The number of fused-ring (bicyclic) bond motifs is 21. The first-order valence-electron chi connectivity index (χ1n) is 35.5. The molecule has 9 nitrogen and oxygen atoms in total. The molecule has 0 spiro atoms. The Bertz CT molecular complexity index is 6190. The fourth-order valence-corrected chi connectivity index (χ4v) is 17.9. The quantitative estimate of drug-likeness (QED) is 0.173. The third kappa shape index (κ3) is 8.09. The highest BCUT2D eigenvalue weighted by Crippen LogP contribution is 2.50. The Morgan fingerprint density at radius 2 is 0.569 bits per heavy atom. The van der Waals surface area contributed by atoms with E-state index in [2.05, 4.69) is 286 Å². The molecule has 9 heterocycles. The van der Waals surface area contributed by atoms with Gasteiger partial charge >= 0.3 is 0 Å². The van der Waals surface area contributed by atoms with Crippen LogP contribution in [0.1, 0.15) is 79.0 Å². The lowest BCUT2D eigenvalue weighted by molar-refractivity contribution is 0.452. The highest BCUT2D eigenvalue weighted by Gasteiger charge is 2.48. The molecule has 0 amide bonds. The summed E-state index contributed by atoms with van der Waals surface area (Å²) in [6.07, 6.45) is 0. The van der Waals surface area contributed by atoms with Crippen LogP contribution >= 0.6 is 0 Å². The van der Waals surface area contributed by atoms with Gasteiger partial charge < -0.3 is 42.3 Å². The van der Waals surface area contributed by atoms with E-state index in [4.69, 9.17) is 36.9 Å². The fraction of sp³-hybridized carbons (Fsp3) is 0.133. The molecule has 22 rings (SSSR count). The number of ether oxygens (including phenoxy) is 5. The van der Waals surface area contributed by atoms with E-state index in [-0.39, 0.29) is 36.4 Å². The summed E-state index contributed by atoms with van der Waals surface area (Å²) in [5.41, 5.74) is 25.2. The molecule has 0 saturated heterocycles. The van der Waals surface area contributed by atoms with Crippen molar-refractivity contribution in [2.24, 2.45) is 0 Å². The van der Waals surface area contributed by atoms with Crippen LogP contribution in [-0.2, 0) is 16.2 Å². The topological polar surface area (TPSA) is 97.6 Å². The average Bonchev–Trinajstić information content (AvgIpc) is 0.952. The van der Waals surface area contributed by atoms with Gasteiger partial charge in [0.25, 0.3) is 20.1 Å². The van der Waals surface area contributed by atoms with Crippen LogP contribution in [0.15, 0.2) is 232 Å².